The summed E-state index contributed by atoms with van der Waals surface area (Å²) >= 11 is 1.39. The zero-order chi connectivity index (χ0) is 15.4. The number of carbonyl (C=O) groups excluding carboxylic acids is 1. The van der Waals surface area contributed by atoms with Crippen molar-refractivity contribution < 1.29 is 15.0 Å². The van der Waals surface area contributed by atoms with Crippen molar-refractivity contribution in [2.75, 3.05) is 19.7 Å². The lowest BCUT2D eigenvalue weighted by atomic mass is 9.96. The van der Waals surface area contributed by atoms with E-state index in [2.05, 4.69) is 11.8 Å². The molecule has 0 saturated carbocycles. The molecule has 1 fully saturated rings. The third-order valence-electron chi connectivity index (χ3n) is 3.77. The molecular formula is C16H21NO3S. The predicted molar refractivity (Wildman–Crippen MR) is 83.3 cm³/mol. The van der Waals surface area contributed by atoms with Gasteiger partial charge in [0.2, 0.25) is 0 Å². The molecular weight excluding hydrogens is 286 g/mol. The smallest absolute Gasteiger partial charge is 0.264 e. The highest BCUT2D eigenvalue weighted by Crippen LogP contribution is 2.25. The lowest BCUT2D eigenvalue weighted by Gasteiger charge is -2.34. The molecule has 5 heteroatoms. The number of amides is 1. The number of β-amino-alcohol motifs (C(OH)–C–C–N with tert-alkyl or cyclic N) is 1. The Bertz CT molecular complexity index is 570. The second-order valence-electron chi connectivity index (χ2n) is 5.48. The Kier molecular flexibility index (Phi) is 5.40. The number of nitrogens with zero attached hydrogens (tertiary/aromatic N) is 1. The van der Waals surface area contributed by atoms with E-state index < -0.39 is 6.10 Å². The van der Waals surface area contributed by atoms with Gasteiger partial charge >= 0.3 is 0 Å². The minimum absolute atomic E-state index is 0.0238. The number of aryl methyl sites for hydroxylation is 1. The molecule has 21 heavy (non-hydrogen) atoms. The number of aliphatic hydroxyl groups is 2. The van der Waals surface area contributed by atoms with E-state index >= 15 is 0 Å². The summed E-state index contributed by atoms with van der Waals surface area (Å²) in [5.74, 6) is 6.10. The van der Waals surface area contributed by atoms with Crippen LogP contribution in [0.4, 0.5) is 0 Å². The van der Waals surface area contributed by atoms with Crippen molar-refractivity contribution in [1.82, 2.24) is 4.90 Å². The van der Waals surface area contributed by atoms with E-state index in [-0.39, 0.29) is 18.4 Å². The number of carbonyl (C=O) groups is 1. The van der Waals surface area contributed by atoms with Crippen molar-refractivity contribution in [2.45, 2.75) is 32.8 Å². The van der Waals surface area contributed by atoms with Crippen molar-refractivity contribution in [3.8, 4) is 11.8 Å². The molecule has 2 atom stereocenters. The third-order valence-corrected chi connectivity index (χ3v) is 4.91. The van der Waals surface area contributed by atoms with Gasteiger partial charge in [-0.3, -0.25) is 4.79 Å². The zero-order valence-electron chi connectivity index (χ0n) is 12.4. The highest BCUT2D eigenvalue weighted by molar-refractivity contribution is 7.14. The van der Waals surface area contributed by atoms with Gasteiger partial charge < -0.3 is 15.1 Å². The largest absolute Gasteiger partial charge is 0.395 e. The highest BCUT2D eigenvalue weighted by atomic mass is 32.1. The van der Waals surface area contributed by atoms with Crippen LogP contribution in [-0.2, 0) is 0 Å². The molecule has 1 aromatic rings. The summed E-state index contributed by atoms with van der Waals surface area (Å²) in [5, 5.41) is 18.7. The number of hydrogen-bond acceptors (Lipinski definition) is 4. The minimum Gasteiger partial charge on any atom is -0.395 e. The number of aliphatic hydroxyl groups excluding tert-OH is 2. The molecule has 2 rings (SSSR count). The Labute approximate surface area is 129 Å². The topological polar surface area (TPSA) is 60.8 Å². The molecule has 0 spiro atoms. The average Bonchev–Trinajstić information content (AvgIpc) is 2.83. The van der Waals surface area contributed by atoms with E-state index in [9.17, 15) is 9.90 Å². The summed E-state index contributed by atoms with van der Waals surface area (Å²) < 4.78 is 0. The summed E-state index contributed by atoms with van der Waals surface area (Å²) in [6.45, 7) is 5.09. The quantitative estimate of drug-likeness (QED) is 0.817. The van der Waals surface area contributed by atoms with Gasteiger partial charge in [-0.15, -0.1) is 11.3 Å². The third kappa shape index (κ3) is 3.85. The van der Waals surface area contributed by atoms with Crippen LogP contribution in [0.25, 0.3) is 0 Å². The number of piperidine rings is 1. The average molecular weight is 307 g/mol. The van der Waals surface area contributed by atoms with E-state index in [1.807, 2.05) is 19.9 Å². The van der Waals surface area contributed by atoms with Crippen LogP contribution in [-0.4, -0.2) is 46.8 Å². The first-order valence-electron chi connectivity index (χ1n) is 7.20. The van der Waals surface area contributed by atoms with Gasteiger partial charge in [0.15, 0.2) is 0 Å². The second kappa shape index (κ2) is 7.08. The van der Waals surface area contributed by atoms with Gasteiger partial charge in [0, 0.05) is 19.5 Å². The molecule has 114 valence electrons. The molecule has 2 N–H and O–H groups in total. The maximum absolute atomic E-state index is 12.5. The van der Waals surface area contributed by atoms with Crippen LogP contribution in [0.2, 0.25) is 0 Å². The molecule has 2 heterocycles. The van der Waals surface area contributed by atoms with Gasteiger partial charge in [-0.05, 0) is 30.9 Å². The van der Waals surface area contributed by atoms with Crippen LogP contribution in [0.3, 0.4) is 0 Å². The van der Waals surface area contributed by atoms with E-state index in [0.29, 0.717) is 24.4 Å². The van der Waals surface area contributed by atoms with Crippen molar-refractivity contribution >= 4 is 17.2 Å². The second-order valence-corrected chi connectivity index (χ2v) is 6.53. The Morgan fingerprint density at radius 1 is 1.57 bits per heavy atom. The first-order chi connectivity index (χ1) is 10.0. The normalized spacial score (nSPS) is 21.8. The SMILES string of the molecule is Cc1cc(C(=O)N2CCC(C)C(O)C2)sc1C#CCCO. The van der Waals surface area contributed by atoms with Crippen LogP contribution >= 0.6 is 11.3 Å². The monoisotopic (exact) mass is 307 g/mol. The van der Waals surface area contributed by atoms with E-state index in [1.165, 1.54) is 11.3 Å². The number of rotatable bonds is 2. The van der Waals surface area contributed by atoms with E-state index in [4.69, 9.17) is 5.11 Å². The van der Waals surface area contributed by atoms with Gasteiger partial charge in [-0.2, -0.15) is 0 Å². The number of hydrogen-bond donors (Lipinski definition) is 2. The summed E-state index contributed by atoms with van der Waals surface area (Å²) in [6, 6.07) is 1.86. The first kappa shape index (κ1) is 16.0. The lowest BCUT2D eigenvalue weighted by molar-refractivity contribution is 0.0251. The van der Waals surface area contributed by atoms with E-state index in [1.54, 1.807) is 4.90 Å². The summed E-state index contributed by atoms with van der Waals surface area (Å²) in [6.07, 6.45) is 0.838. The molecule has 0 aromatic carbocycles. The Morgan fingerprint density at radius 2 is 2.33 bits per heavy atom. The summed E-state index contributed by atoms with van der Waals surface area (Å²) in [4.78, 5) is 15.7. The minimum atomic E-state index is -0.437. The fourth-order valence-electron chi connectivity index (χ4n) is 2.30. The standard InChI is InChI=1S/C16H21NO3S/c1-11-6-7-17(10-13(11)19)16(20)15-9-12(2)14(21-15)5-3-4-8-18/h9,11,13,18-19H,4,6-8,10H2,1-2H3. The molecule has 1 amide bonds. The molecule has 1 aromatic heterocycles. The summed E-state index contributed by atoms with van der Waals surface area (Å²) in [5.41, 5.74) is 0.986. The maximum atomic E-state index is 12.5. The molecule has 0 aliphatic carbocycles. The van der Waals surface area contributed by atoms with Crippen molar-refractivity contribution in [2.24, 2.45) is 5.92 Å². The Morgan fingerprint density at radius 3 is 3.00 bits per heavy atom. The van der Waals surface area contributed by atoms with Crippen molar-refractivity contribution in [3.05, 3.63) is 21.4 Å². The first-order valence-corrected chi connectivity index (χ1v) is 8.02. The summed E-state index contributed by atoms with van der Waals surface area (Å²) in [7, 11) is 0. The van der Waals surface area contributed by atoms with Crippen LogP contribution in [0.1, 0.15) is 39.9 Å². The molecule has 2 unspecified atom stereocenters. The fraction of sp³-hybridized carbons (Fsp3) is 0.562. The fourth-order valence-corrected chi connectivity index (χ4v) is 3.31. The lowest BCUT2D eigenvalue weighted by Crippen LogP contribution is -2.45. The van der Waals surface area contributed by atoms with Crippen LogP contribution in [0.15, 0.2) is 6.07 Å². The van der Waals surface area contributed by atoms with Crippen molar-refractivity contribution in [1.29, 1.82) is 0 Å². The molecule has 0 bridgehead atoms. The van der Waals surface area contributed by atoms with Gasteiger partial charge in [-0.1, -0.05) is 18.8 Å². The van der Waals surface area contributed by atoms with Gasteiger partial charge in [0.05, 0.1) is 22.5 Å². The zero-order valence-corrected chi connectivity index (χ0v) is 13.2. The number of thiophene rings is 1. The maximum Gasteiger partial charge on any atom is 0.264 e. The van der Waals surface area contributed by atoms with Crippen LogP contribution in [0.5, 0.6) is 0 Å². The Balaban J connectivity index is 2.10. The van der Waals surface area contributed by atoms with Crippen molar-refractivity contribution in [3.63, 3.8) is 0 Å². The molecule has 0 radical (unpaired) electrons. The Hall–Kier alpha value is -1.35. The number of likely N-dealkylation sites (tertiary alicyclic amines) is 1. The van der Waals surface area contributed by atoms with E-state index in [0.717, 1.165) is 16.9 Å². The molecule has 1 saturated heterocycles. The van der Waals surface area contributed by atoms with Gasteiger partial charge in [0.25, 0.3) is 5.91 Å². The molecule has 1 aliphatic heterocycles. The van der Waals surface area contributed by atoms with Gasteiger partial charge in [-0.25, -0.2) is 0 Å². The predicted octanol–water partition coefficient (Wildman–Crippen LogP) is 1.63. The van der Waals surface area contributed by atoms with Gasteiger partial charge in [0.1, 0.15) is 0 Å². The molecule has 4 nitrogen and oxygen atoms in total. The van der Waals surface area contributed by atoms with Crippen LogP contribution < -0.4 is 0 Å². The highest BCUT2D eigenvalue weighted by Gasteiger charge is 2.28. The van der Waals surface area contributed by atoms with Crippen LogP contribution in [0, 0.1) is 24.7 Å². The molecule has 1 aliphatic rings.